The van der Waals surface area contributed by atoms with Gasteiger partial charge >= 0.3 is 0 Å². The van der Waals surface area contributed by atoms with E-state index in [9.17, 15) is 9.59 Å². The summed E-state index contributed by atoms with van der Waals surface area (Å²) in [6.07, 6.45) is 4.85. The molecule has 2 rings (SSSR count). The Balaban J connectivity index is 2.27. The third-order valence-corrected chi connectivity index (χ3v) is 3.33. The van der Waals surface area contributed by atoms with Crippen LogP contribution in [-0.2, 0) is 9.59 Å². The number of imidazole rings is 1. The van der Waals surface area contributed by atoms with E-state index in [1.165, 1.54) is 4.90 Å². The average molecular weight is 249 g/mol. The van der Waals surface area contributed by atoms with Crippen LogP contribution < -0.4 is 0 Å². The first-order chi connectivity index (χ1) is 8.44. The molecular weight excluding hydrogens is 230 g/mol. The van der Waals surface area contributed by atoms with Crippen LogP contribution in [0, 0.1) is 5.41 Å². The van der Waals surface area contributed by atoms with Gasteiger partial charge in [0.25, 0.3) is 0 Å². The molecule has 2 amide bonds. The number of hydrogen-bond acceptors (Lipinski definition) is 3. The molecule has 1 aliphatic rings. The first-order valence-corrected chi connectivity index (χ1v) is 6.29. The molecule has 1 atom stereocenters. The van der Waals surface area contributed by atoms with E-state index in [0.29, 0.717) is 25.1 Å². The van der Waals surface area contributed by atoms with Crippen LogP contribution in [0.15, 0.2) is 12.4 Å². The third kappa shape index (κ3) is 2.30. The smallest absolute Gasteiger partial charge is 0.230 e. The number of H-pyrrole nitrogens is 1. The van der Waals surface area contributed by atoms with Gasteiger partial charge in [-0.15, -0.1) is 0 Å². The van der Waals surface area contributed by atoms with Gasteiger partial charge in [-0.05, 0) is 11.8 Å². The fourth-order valence-corrected chi connectivity index (χ4v) is 2.50. The predicted octanol–water partition coefficient (Wildman–Crippen LogP) is 2.04. The summed E-state index contributed by atoms with van der Waals surface area (Å²) >= 11 is 0. The summed E-state index contributed by atoms with van der Waals surface area (Å²) in [6.45, 7) is 5.86. The number of rotatable bonds is 3. The molecule has 1 saturated heterocycles. The van der Waals surface area contributed by atoms with Crippen molar-refractivity contribution in [1.29, 1.82) is 0 Å². The lowest BCUT2D eigenvalue weighted by Gasteiger charge is -2.38. The van der Waals surface area contributed by atoms with Crippen LogP contribution in [0.3, 0.4) is 0 Å². The van der Waals surface area contributed by atoms with Gasteiger partial charge in [0.1, 0.15) is 5.82 Å². The lowest BCUT2D eigenvalue weighted by Crippen LogP contribution is -2.47. The predicted molar refractivity (Wildman–Crippen MR) is 66.5 cm³/mol. The van der Waals surface area contributed by atoms with Crippen molar-refractivity contribution in [3.05, 3.63) is 18.2 Å². The summed E-state index contributed by atoms with van der Waals surface area (Å²) in [5.74, 6) is 0.484. The van der Waals surface area contributed by atoms with E-state index < -0.39 is 0 Å². The van der Waals surface area contributed by atoms with Crippen LogP contribution in [-0.4, -0.2) is 26.7 Å². The first-order valence-electron chi connectivity index (χ1n) is 6.29. The number of carbonyl (C=O) groups is 2. The highest BCUT2D eigenvalue weighted by atomic mass is 16.2. The highest BCUT2D eigenvalue weighted by Gasteiger charge is 2.41. The SMILES string of the molecule is CCC(c1ncc[nH]1)N1C(=O)CC(C)(C)CC1=O. The molecule has 0 spiro atoms. The van der Waals surface area contributed by atoms with Gasteiger partial charge in [-0.25, -0.2) is 4.98 Å². The Labute approximate surface area is 107 Å². The number of piperidine rings is 1. The second kappa shape index (κ2) is 4.55. The van der Waals surface area contributed by atoms with E-state index in [4.69, 9.17) is 0 Å². The Kier molecular flexibility index (Phi) is 3.24. The average Bonchev–Trinajstić information content (AvgIpc) is 2.74. The van der Waals surface area contributed by atoms with Crippen molar-refractivity contribution < 1.29 is 9.59 Å². The number of imide groups is 1. The summed E-state index contributed by atoms with van der Waals surface area (Å²) in [5.41, 5.74) is -0.230. The molecule has 0 bridgehead atoms. The molecule has 18 heavy (non-hydrogen) atoms. The number of nitrogens with zero attached hydrogens (tertiary/aromatic N) is 2. The molecule has 1 fully saturated rings. The van der Waals surface area contributed by atoms with E-state index in [2.05, 4.69) is 9.97 Å². The first kappa shape index (κ1) is 12.8. The van der Waals surface area contributed by atoms with Gasteiger partial charge in [-0.2, -0.15) is 0 Å². The normalized spacial score (nSPS) is 21.2. The molecule has 1 aromatic rings. The zero-order valence-corrected chi connectivity index (χ0v) is 11.1. The molecule has 2 heterocycles. The second-order valence-corrected chi connectivity index (χ2v) is 5.57. The summed E-state index contributed by atoms with van der Waals surface area (Å²) < 4.78 is 0. The quantitative estimate of drug-likeness (QED) is 0.833. The van der Waals surface area contributed by atoms with Gasteiger partial charge in [0, 0.05) is 25.2 Å². The summed E-state index contributed by atoms with van der Waals surface area (Å²) in [7, 11) is 0. The van der Waals surface area contributed by atoms with Crippen LogP contribution in [0.1, 0.15) is 51.9 Å². The van der Waals surface area contributed by atoms with Gasteiger partial charge in [0.15, 0.2) is 0 Å². The number of aromatic nitrogens is 2. The molecule has 0 saturated carbocycles. The van der Waals surface area contributed by atoms with Gasteiger partial charge in [-0.1, -0.05) is 20.8 Å². The maximum atomic E-state index is 12.2. The standard InChI is InChI=1S/C13H19N3O2/c1-4-9(12-14-5-6-15-12)16-10(17)7-13(2,3)8-11(16)18/h5-6,9H,4,7-8H2,1-3H3,(H,14,15). The van der Waals surface area contributed by atoms with E-state index in [1.54, 1.807) is 12.4 Å². The van der Waals surface area contributed by atoms with Crippen molar-refractivity contribution in [3.63, 3.8) is 0 Å². The van der Waals surface area contributed by atoms with Crippen molar-refractivity contribution in [2.24, 2.45) is 5.41 Å². The van der Waals surface area contributed by atoms with E-state index in [-0.39, 0.29) is 23.3 Å². The lowest BCUT2D eigenvalue weighted by atomic mass is 9.81. The number of nitrogens with one attached hydrogen (secondary N) is 1. The minimum atomic E-state index is -0.268. The molecule has 1 N–H and O–H groups in total. The summed E-state index contributed by atoms with van der Waals surface area (Å²) in [5, 5.41) is 0. The van der Waals surface area contributed by atoms with Crippen molar-refractivity contribution >= 4 is 11.8 Å². The maximum absolute atomic E-state index is 12.2. The van der Waals surface area contributed by atoms with Crippen molar-refractivity contribution in [1.82, 2.24) is 14.9 Å². The maximum Gasteiger partial charge on any atom is 0.230 e. The molecule has 1 aromatic heterocycles. The molecule has 0 radical (unpaired) electrons. The lowest BCUT2D eigenvalue weighted by molar-refractivity contribution is -0.156. The molecule has 0 aliphatic carbocycles. The van der Waals surface area contributed by atoms with Crippen LogP contribution in [0.5, 0.6) is 0 Å². The van der Waals surface area contributed by atoms with Gasteiger partial charge in [-0.3, -0.25) is 14.5 Å². The molecule has 98 valence electrons. The Hall–Kier alpha value is -1.65. The zero-order valence-electron chi connectivity index (χ0n) is 11.1. The topological polar surface area (TPSA) is 66.1 Å². The van der Waals surface area contributed by atoms with Gasteiger partial charge < -0.3 is 4.98 Å². The minimum absolute atomic E-state index is 0.0977. The number of hydrogen-bond donors (Lipinski definition) is 1. The number of carbonyl (C=O) groups excluding carboxylic acids is 2. The summed E-state index contributed by atoms with van der Waals surface area (Å²) in [6, 6.07) is -0.268. The Morgan fingerprint density at radius 2 is 2.00 bits per heavy atom. The van der Waals surface area contributed by atoms with Crippen LogP contribution in [0.25, 0.3) is 0 Å². The fourth-order valence-electron chi connectivity index (χ4n) is 2.50. The number of amides is 2. The zero-order chi connectivity index (χ0) is 13.3. The van der Waals surface area contributed by atoms with Crippen molar-refractivity contribution in [3.8, 4) is 0 Å². The monoisotopic (exact) mass is 249 g/mol. The number of aromatic amines is 1. The van der Waals surface area contributed by atoms with Crippen molar-refractivity contribution in [2.75, 3.05) is 0 Å². The van der Waals surface area contributed by atoms with E-state index >= 15 is 0 Å². The van der Waals surface area contributed by atoms with Crippen LogP contribution in [0.2, 0.25) is 0 Å². The Morgan fingerprint density at radius 1 is 1.39 bits per heavy atom. The molecular formula is C13H19N3O2. The fraction of sp³-hybridized carbons (Fsp3) is 0.615. The summed E-state index contributed by atoms with van der Waals surface area (Å²) in [4.78, 5) is 32.9. The van der Waals surface area contributed by atoms with Gasteiger partial charge in [0.05, 0.1) is 6.04 Å². The third-order valence-electron chi connectivity index (χ3n) is 3.33. The molecule has 5 nitrogen and oxygen atoms in total. The Morgan fingerprint density at radius 3 is 2.44 bits per heavy atom. The van der Waals surface area contributed by atoms with Gasteiger partial charge in [0.2, 0.25) is 11.8 Å². The molecule has 5 heteroatoms. The second-order valence-electron chi connectivity index (χ2n) is 5.57. The molecule has 0 aromatic carbocycles. The minimum Gasteiger partial charge on any atom is -0.347 e. The number of likely N-dealkylation sites (tertiary alicyclic amines) is 1. The van der Waals surface area contributed by atoms with Crippen LogP contribution in [0.4, 0.5) is 0 Å². The van der Waals surface area contributed by atoms with Crippen molar-refractivity contribution in [2.45, 2.75) is 46.1 Å². The molecule has 1 aliphatic heterocycles. The van der Waals surface area contributed by atoms with E-state index in [0.717, 1.165) is 0 Å². The largest absolute Gasteiger partial charge is 0.347 e. The van der Waals surface area contributed by atoms with E-state index in [1.807, 2.05) is 20.8 Å². The Bertz CT molecular complexity index is 431. The van der Waals surface area contributed by atoms with Crippen LogP contribution >= 0.6 is 0 Å². The molecule has 1 unspecified atom stereocenters. The highest BCUT2D eigenvalue weighted by molar-refractivity contribution is 5.98. The highest BCUT2D eigenvalue weighted by Crippen LogP contribution is 2.35.